The van der Waals surface area contributed by atoms with Gasteiger partial charge in [-0.1, -0.05) is 30.3 Å². The van der Waals surface area contributed by atoms with Crippen molar-refractivity contribution in [2.24, 2.45) is 0 Å². The maximum atomic E-state index is 12.5. The number of hydrogen-bond donors (Lipinski definition) is 1. The molecule has 1 N–H and O–H groups in total. The van der Waals surface area contributed by atoms with Crippen LogP contribution in [0.25, 0.3) is 0 Å². The summed E-state index contributed by atoms with van der Waals surface area (Å²) in [5.41, 5.74) is 2.08. The summed E-state index contributed by atoms with van der Waals surface area (Å²) >= 11 is 0. The van der Waals surface area contributed by atoms with Crippen LogP contribution in [0.15, 0.2) is 77.8 Å². The molecule has 0 bridgehead atoms. The zero-order valence-corrected chi connectivity index (χ0v) is 16.7. The molecule has 1 aromatic heterocycles. The van der Waals surface area contributed by atoms with Gasteiger partial charge in [0, 0.05) is 13.6 Å². The van der Waals surface area contributed by atoms with Crippen molar-refractivity contribution >= 4 is 21.5 Å². The fourth-order valence-corrected chi connectivity index (χ4v) is 3.71. The first-order valence-electron chi connectivity index (χ1n) is 8.95. The summed E-state index contributed by atoms with van der Waals surface area (Å²) in [6.45, 7) is 3.14. The summed E-state index contributed by atoms with van der Waals surface area (Å²) in [7, 11) is -1.74. The number of nitrogens with one attached hydrogen (secondary N) is 1. The van der Waals surface area contributed by atoms with Gasteiger partial charge in [-0.15, -0.1) is 0 Å². The molecule has 0 atom stereocenters. The summed E-state index contributed by atoms with van der Waals surface area (Å²) in [4.78, 5) is 6.45. The summed E-state index contributed by atoms with van der Waals surface area (Å²) < 4.78 is 32.9. The van der Waals surface area contributed by atoms with Crippen molar-refractivity contribution in [3.63, 3.8) is 0 Å². The van der Waals surface area contributed by atoms with Gasteiger partial charge in [0.15, 0.2) is 0 Å². The monoisotopic (exact) mass is 397 g/mol. The number of benzene rings is 2. The van der Waals surface area contributed by atoms with E-state index in [4.69, 9.17) is 4.74 Å². The summed E-state index contributed by atoms with van der Waals surface area (Å²) in [6, 6.07) is 19.9. The Balaban J connectivity index is 1.67. The number of pyridine rings is 1. The molecule has 0 saturated carbocycles. The molecule has 2 aromatic carbocycles. The highest BCUT2D eigenvalue weighted by molar-refractivity contribution is 7.92. The van der Waals surface area contributed by atoms with Gasteiger partial charge in [-0.2, -0.15) is 0 Å². The number of nitrogens with zero attached hydrogens (tertiary/aromatic N) is 2. The van der Waals surface area contributed by atoms with Crippen LogP contribution in [0.1, 0.15) is 12.5 Å². The van der Waals surface area contributed by atoms with Gasteiger partial charge in [-0.3, -0.25) is 4.72 Å². The van der Waals surface area contributed by atoms with Gasteiger partial charge in [-0.25, -0.2) is 13.4 Å². The highest BCUT2D eigenvalue weighted by atomic mass is 32.2. The number of sulfonamides is 1. The minimum Gasteiger partial charge on any atom is -0.494 e. The van der Waals surface area contributed by atoms with Crippen LogP contribution in [0.5, 0.6) is 5.75 Å². The van der Waals surface area contributed by atoms with Crippen molar-refractivity contribution in [3.8, 4) is 5.75 Å². The second-order valence-corrected chi connectivity index (χ2v) is 7.94. The van der Waals surface area contributed by atoms with Crippen LogP contribution >= 0.6 is 0 Å². The minimum atomic E-state index is -3.71. The molecule has 0 aliphatic rings. The fourth-order valence-electron chi connectivity index (χ4n) is 2.70. The number of aromatic nitrogens is 1. The van der Waals surface area contributed by atoms with Gasteiger partial charge in [-0.05, 0) is 48.9 Å². The summed E-state index contributed by atoms with van der Waals surface area (Å²) in [5, 5.41) is 0. The van der Waals surface area contributed by atoms with Crippen LogP contribution in [-0.2, 0) is 16.6 Å². The van der Waals surface area contributed by atoms with E-state index in [1.807, 2.05) is 43.1 Å². The van der Waals surface area contributed by atoms with E-state index in [-0.39, 0.29) is 10.7 Å². The van der Waals surface area contributed by atoms with Gasteiger partial charge in [0.1, 0.15) is 11.6 Å². The third-order valence-corrected chi connectivity index (χ3v) is 5.51. The minimum absolute atomic E-state index is 0.156. The molecule has 0 aliphatic heterocycles. The standard InChI is InChI=1S/C21H23N3O3S/c1-3-27-19-10-12-20(13-11-19)28(25,26)23-21-14-9-18(15-22-21)24(2)16-17-7-5-4-6-8-17/h4-15H,3,16H2,1-2H3,(H,22,23). The van der Waals surface area contributed by atoms with E-state index in [9.17, 15) is 8.42 Å². The molecule has 0 saturated heterocycles. The third kappa shape index (κ3) is 5.01. The van der Waals surface area contributed by atoms with Gasteiger partial charge in [0.05, 0.1) is 23.4 Å². The van der Waals surface area contributed by atoms with Gasteiger partial charge < -0.3 is 9.64 Å². The van der Waals surface area contributed by atoms with E-state index in [0.29, 0.717) is 12.4 Å². The molecule has 3 aromatic rings. The second kappa shape index (κ2) is 8.75. The zero-order chi connectivity index (χ0) is 20.0. The predicted molar refractivity (Wildman–Crippen MR) is 111 cm³/mol. The maximum absolute atomic E-state index is 12.5. The van der Waals surface area contributed by atoms with Crippen molar-refractivity contribution in [3.05, 3.63) is 78.5 Å². The van der Waals surface area contributed by atoms with E-state index >= 15 is 0 Å². The third-order valence-electron chi connectivity index (χ3n) is 4.14. The van der Waals surface area contributed by atoms with Crippen LogP contribution in [0, 0.1) is 0 Å². The molecule has 6 nitrogen and oxygen atoms in total. The van der Waals surface area contributed by atoms with Crippen molar-refractivity contribution in [2.45, 2.75) is 18.4 Å². The number of rotatable bonds is 8. The molecule has 146 valence electrons. The first kappa shape index (κ1) is 19.7. The average Bonchev–Trinajstić information content (AvgIpc) is 2.70. The lowest BCUT2D eigenvalue weighted by Crippen LogP contribution is -2.17. The average molecular weight is 398 g/mol. The molecule has 3 rings (SSSR count). The van der Waals surface area contributed by atoms with Crippen molar-refractivity contribution in [2.75, 3.05) is 23.3 Å². The molecule has 7 heteroatoms. The molecule has 0 fully saturated rings. The smallest absolute Gasteiger partial charge is 0.263 e. The largest absolute Gasteiger partial charge is 0.494 e. The Labute approximate surface area is 165 Å². The molecule has 0 aliphatic carbocycles. The molecule has 0 radical (unpaired) electrons. The molecule has 1 heterocycles. The molecule has 0 unspecified atom stereocenters. The van der Waals surface area contributed by atoms with Crippen LogP contribution in [0.3, 0.4) is 0 Å². The predicted octanol–water partition coefficient (Wildman–Crippen LogP) is 3.92. The van der Waals surface area contributed by atoms with Crippen LogP contribution in [0.2, 0.25) is 0 Å². The first-order chi connectivity index (χ1) is 13.5. The summed E-state index contributed by atoms with van der Waals surface area (Å²) in [5.74, 6) is 0.899. The van der Waals surface area contributed by atoms with E-state index in [1.165, 1.54) is 17.7 Å². The topological polar surface area (TPSA) is 71.5 Å². The maximum Gasteiger partial charge on any atom is 0.263 e. The normalized spacial score (nSPS) is 11.1. The number of ether oxygens (including phenoxy) is 1. The van der Waals surface area contributed by atoms with Crippen LogP contribution in [-0.4, -0.2) is 27.1 Å². The van der Waals surface area contributed by atoms with Crippen molar-refractivity contribution in [1.82, 2.24) is 4.98 Å². The van der Waals surface area contributed by atoms with Crippen molar-refractivity contribution < 1.29 is 13.2 Å². The molecule has 0 amide bonds. The van der Waals surface area contributed by atoms with E-state index in [2.05, 4.69) is 21.8 Å². The van der Waals surface area contributed by atoms with Gasteiger partial charge in [0.25, 0.3) is 10.0 Å². The highest BCUT2D eigenvalue weighted by Gasteiger charge is 2.15. The Morgan fingerprint density at radius 2 is 1.71 bits per heavy atom. The highest BCUT2D eigenvalue weighted by Crippen LogP contribution is 2.20. The van der Waals surface area contributed by atoms with E-state index < -0.39 is 10.0 Å². The SMILES string of the molecule is CCOc1ccc(S(=O)(=O)Nc2ccc(N(C)Cc3ccccc3)cn2)cc1. The lowest BCUT2D eigenvalue weighted by atomic mass is 10.2. The second-order valence-electron chi connectivity index (χ2n) is 6.25. The lowest BCUT2D eigenvalue weighted by Gasteiger charge is -2.19. The Morgan fingerprint density at radius 3 is 2.32 bits per heavy atom. The van der Waals surface area contributed by atoms with Gasteiger partial charge >= 0.3 is 0 Å². The Hall–Kier alpha value is -3.06. The van der Waals surface area contributed by atoms with Crippen molar-refractivity contribution in [1.29, 1.82) is 0 Å². The Morgan fingerprint density at radius 1 is 1.00 bits per heavy atom. The van der Waals surface area contributed by atoms with Gasteiger partial charge in [0.2, 0.25) is 0 Å². The zero-order valence-electron chi connectivity index (χ0n) is 15.9. The van der Waals surface area contributed by atoms with Crippen LogP contribution in [0.4, 0.5) is 11.5 Å². The Bertz CT molecular complexity index is 989. The molecule has 0 spiro atoms. The lowest BCUT2D eigenvalue weighted by molar-refractivity contribution is 0.340. The molecular formula is C21H23N3O3S. The van der Waals surface area contributed by atoms with E-state index in [1.54, 1.807) is 24.4 Å². The van der Waals surface area contributed by atoms with Crippen LogP contribution < -0.4 is 14.4 Å². The fraction of sp³-hybridized carbons (Fsp3) is 0.190. The molecule has 28 heavy (non-hydrogen) atoms. The first-order valence-corrected chi connectivity index (χ1v) is 10.4. The summed E-state index contributed by atoms with van der Waals surface area (Å²) in [6.07, 6.45) is 1.65. The Kier molecular flexibility index (Phi) is 6.16. The number of hydrogen-bond acceptors (Lipinski definition) is 5. The quantitative estimate of drug-likeness (QED) is 0.624. The number of anilines is 2. The molecular weight excluding hydrogens is 374 g/mol. The van der Waals surface area contributed by atoms with E-state index in [0.717, 1.165) is 12.2 Å².